The Balaban J connectivity index is 1.69. The van der Waals surface area contributed by atoms with E-state index in [4.69, 9.17) is 14.3 Å². The minimum Gasteiger partial charge on any atom is -0.496 e. The lowest BCUT2D eigenvalue weighted by atomic mass is 9.74. The van der Waals surface area contributed by atoms with Crippen molar-refractivity contribution in [1.82, 2.24) is 5.32 Å². The number of ether oxygens (including phenoxy) is 2. The van der Waals surface area contributed by atoms with Crippen molar-refractivity contribution in [3.8, 4) is 5.75 Å². The first-order valence-electron chi connectivity index (χ1n) is 9.40. The summed E-state index contributed by atoms with van der Waals surface area (Å²) in [6.45, 7) is 4.00. The number of nitrogens with one attached hydrogen (secondary N) is 1. The van der Waals surface area contributed by atoms with Gasteiger partial charge in [0, 0.05) is 38.2 Å². The fourth-order valence-electron chi connectivity index (χ4n) is 3.73. The second-order valence-corrected chi connectivity index (χ2v) is 7.02. The first-order chi connectivity index (χ1) is 12.7. The minimum atomic E-state index is -0.427. The number of para-hydroxylation sites is 1. The van der Waals surface area contributed by atoms with Crippen LogP contribution in [-0.2, 0) is 14.4 Å². The van der Waals surface area contributed by atoms with E-state index in [0.29, 0.717) is 32.6 Å². The molecule has 26 heavy (non-hydrogen) atoms. The maximum absolute atomic E-state index is 12.8. The van der Waals surface area contributed by atoms with Gasteiger partial charge in [-0.15, -0.1) is 0 Å². The highest BCUT2D eigenvalue weighted by Crippen LogP contribution is 2.39. The summed E-state index contributed by atoms with van der Waals surface area (Å²) >= 11 is 0. The van der Waals surface area contributed by atoms with Gasteiger partial charge in [-0.3, -0.25) is 4.79 Å². The van der Waals surface area contributed by atoms with Gasteiger partial charge in [-0.25, -0.2) is 0 Å². The molecule has 1 saturated heterocycles. The SMILES string of the molecule is CCCNC(=O)C1(C[C@H]2CC(c3ccccc3OC)=NO2)CCOCC1. The summed E-state index contributed by atoms with van der Waals surface area (Å²) in [6, 6.07) is 7.81. The van der Waals surface area contributed by atoms with Crippen molar-refractivity contribution in [1.29, 1.82) is 0 Å². The molecule has 0 spiro atoms. The monoisotopic (exact) mass is 360 g/mol. The summed E-state index contributed by atoms with van der Waals surface area (Å²) < 4.78 is 10.9. The van der Waals surface area contributed by atoms with Gasteiger partial charge in [0.15, 0.2) is 0 Å². The highest BCUT2D eigenvalue weighted by Gasteiger charge is 2.43. The van der Waals surface area contributed by atoms with Crippen LogP contribution in [0, 0.1) is 5.41 Å². The number of hydrogen-bond donors (Lipinski definition) is 1. The highest BCUT2D eigenvalue weighted by molar-refractivity contribution is 6.03. The minimum absolute atomic E-state index is 0.0969. The number of hydrogen-bond acceptors (Lipinski definition) is 5. The van der Waals surface area contributed by atoms with Gasteiger partial charge in [-0.1, -0.05) is 24.2 Å². The number of carbonyl (C=O) groups is 1. The van der Waals surface area contributed by atoms with E-state index in [0.717, 1.165) is 36.3 Å². The van der Waals surface area contributed by atoms with Crippen molar-refractivity contribution >= 4 is 11.6 Å². The topological polar surface area (TPSA) is 69.2 Å². The fraction of sp³-hybridized carbons (Fsp3) is 0.600. The van der Waals surface area contributed by atoms with E-state index in [1.165, 1.54) is 0 Å². The fourth-order valence-corrected chi connectivity index (χ4v) is 3.73. The van der Waals surface area contributed by atoms with Crippen LogP contribution >= 0.6 is 0 Å². The summed E-state index contributed by atoms with van der Waals surface area (Å²) in [5, 5.41) is 7.36. The van der Waals surface area contributed by atoms with Gasteiger partial charge in [0.25, 0.3) is 0 Å². The van der Waals surface area contributed by atoms with Crippen molar-refractivity contribution in [2.24, 2.45) is 10.6 Å². The first kappa shape index (κ1) is 18.7. The van der Waals surface area contributed by atoms with E-state index < -0.39 is 5.41 Å². The van der Waals surface area contributed by atoms with Gasteiger partial charge in [0.2, 0.25) is 5.91 Å². The zero-order chi connectivity index (χ0) is 18.4. The van der Waals surface area contributed by atoms with E-state index in [2.05, 4.69) is 17.4 Å². The molecule has 2 aliphatic heterocycles. The molecule has 6 heteroatoms. The second kappa shape index (κ2) is 8.54. The number of carbonyl (C=O) groups excluding carboxylic acids is 1. The molecule has 0 bridgehead atoms. The normalized spacial score (nSPS) is 21.6. The third-order valence-corrected chi connectivity index (χ3v) is 5.24. The summed E-state index contributed by atoms with van der Waals surface area (Å²) in [5.41, 5.74) is 1.40. The Morgan fingerprint density at radius 2 is 2.12 bits per heavy atom. The summed E-state index contributed by atoms with van der Waals surface area (Å²) in [6.07, 6.45) is 3.64. The third-order valence-electron chi connectivity index (χ3n) is 5.24. The van der Waals surface area contributed by atoms with Crippen molar-refractivity contribution in [2.75, 3.05) is 26.9 Å². The number of benzene rings is 1. The van der Waals surface area contributed by atoms with E-state index in [1.54, 1.807) is 7.11 Å². The van der Waals surface area contributed by atoms with E-state index in [-0.39, 0.29) is 12.0 Å². The Bertz CT molecular complexity index is 653. The number of oxime groups is 1. The zero-order valence-corrected chi connectivity index (χ0v) is 15.6. The molecular formula is C20H28N2O4. The van der Waals surface area contributed by atoms with Crippen LogP contribution in [0.1, 0.15) is 44.6 Å². The number of rotatable bonds is 7. The Morgan fingerprint density at radius 1 is 1.35 bits per heavy atom. The lowest BCUT2D eigenvalue weighted by Gasteiger charge is -2.36. The summed E-state index contributed by atoms with van der Waals surface area (Å²) in [4.78, 5) is 18.6. The Morgan fingerprint density at radius 3 is 2.85 bits per heavy atom. The highest BCUT2D eigenvalue weighted by atomic mass is 16.6. The van der Waals surface area contributed by atoms with Crippen LogP contribution in [0.2, 0.25) is 0 Å². The van der Waals surface area contributed by atoms with Crippen LogP contribution in [0.4, 0.5) is 0 Å². The molecule has 0 radical (unpaired) electrons. The Labute approximate surface area is 154 Å². The molecule has 0 saturated carbocycles. The van der Waals surface area contributed by atoms with Gasteiger partial charge >= 0.3 is 0 Å². The third kappa shape index (κ3) is 4.01. The molecule has 142 valence electrons. The van der Waals surface area contributed by atoms with Gasteiger partial charge < -0.3 is 19.6 Å². The van der Waals surface area contributed by atoms with E-state index in [9.17, 15) is 4.79 Å². The average molecular weight is 360 g/mol. The van der Waals surface area contributed by atoms with Crippen LogP contribution in [-0.4, -0.2) is 44.6 Å². The Hall–Kier alpha value is -2.08. The van der Waals surface area contributed by atoms with Crippen molar-refractivity contribution in [3.05, 3.63) is 29.8 Å². The largest absolute Gasteiger partial charge is 0.496 e. The van der Waals surface area contributed by atoms with Crippen molar-refractivity contribution in [3.63, 3.8) is 0 Å². The lowest BCUT2D eigenvalue weighted by molar-refractivity contribution is -0.140. The summed E-state index contributed by atoms with van der Waals surface area (Å²) in [7, 11) is 1.65. The zero-order valence-electron chi connectivity index (χ0n) is 15.6. The quantitative estimate of drug-likeness (QED) is 0.812. The van der Waals surface area contributed by atoms with Crippen LogP contribution in [0.5, 0.6) is 5.75 Å². The maximum atomic E-state index is 12.8. The molecule has 0 unspecified atom stereocenters. The van der Waals surface area contributed by atoms with Gasteiger partial charge in [-0.05, 0) is 31.4 Å². The molecule has 2 heterocycles. The van der Waals surface area contributed by atoms with Gasteiger partial charge in [0.1, 0.15) is 11.9 Å². The Kier molecular flexibility index (Phi) is 6.14. The van der Waals surface area contributed by atoms with E-state index >= 15 is 0 Å². The molecule has 1 atom stereocenters. The molecule has 1 fully saturated rings. The van der Waals surface area contributed by atoms with Crippen LogP contribution in [0.3, 0.4) is 0 Å². The van der Waals surface area contributed by atoms with Crippen molar-refractivity contribution < 1.29 is 19.1 Å². The smallest absolute Gasteiger partial charge is 0.226 e. The molecular weight excluding hydrogens is 332 g/mol. The molecule has 1 aromatic rings. The molecule has 0 aromatic heterocycles. The maximum Gasteiger partial charge on any atom is 0.226 e. The molecule has 1 amide bonds. The molecule has 3 rings (SSSR count). The predicted molar refractivity (Wildman–Crippen MR) is 99.4 cm³/mol. The lowest BCUT2D eigenvalue weighted by Crippen LogP contribution is -2.46. The number of nitrogens with zero attached hydrogens (tertiary/aromatic N) is 1. The molecule has 6 nitrogen and oxygen atoms in total. The average Bonchev–Trinajstić information content (AvgIpc) is 3.14. The standard InChI is InChI=1S/C20H28N2O4/c1-3-10-21-19(23)20(8-11-25-12-9-20)14-15-13-17(22-26-15)16-6-4-5-7-18(16)24-2/h4-7,15H,3,8-14H2,1-2H3,(H,21,23)/t15-/m1/s1. The van der Waals surface area contributed by atoms with Crippen LogP contribution < -0.4 is 10.1 Å². The van der Waals surface area contributed by atoms with Crippen molar-refractivity contribution in [2.45, 2.75) is 45.1 Å². The number of methoxy groups -OCH3 is 1. The second-order valence-electron chi connectivity index (χ2n) is 7.02. The predicted octanol–water partition coefficient (Wildman–Crippen LogP) is 2.90. The van der Waals surface area contributed by atoms with Gasteiger partial charge in [0.05, 0.1) is 18.2 Å². The molecule has 1 N–H and O–H groups in total. The molecule has 1 aromatic carbocycles. The molecule has 2 aliphatic rings. The van der Waals surface area contributed by atoms with Gasteiger partial charge in [-0.2, -0.15) is 0 Å². The first-order valence-corrected chi connectivity index (χ1v) is 9.40. The summed E-state index contributed by atoms with van der Waals surface area (Å²) in [5.74, 6) is 0.911. The molecule has 0 aliphatic carbocycles. The van der Waals surface area contributed by atoms with E-state index in [1.807, 2.05) is 24.3 Å². The van der Waals surface area contributed by atoms with Crippen LogP contribution in [0.15, 0.2) is 29.4 Å². The number of amides is 1. The van der Waals surface area contributed by atoms with Crippen LogP contribution in [0.25, 0.3) is 0 Å².